The Labute approximate surface area is 189 Å². The minimum absolute atomic E-state index is 0.0660. The van der Waals surface area contributed by atoms with Gasteiger partial charge in [0.1, 0.15) is 0 Å². The summed E-state index contributed by atoms with van der Waals surface area (Å²) in [6, 6.07) is 6.22. The summed E-state index contributed by atoms with van der Waals surface area (Å²) in [6.45, 7) is 10.3. The number of rotatable bonds is 8. The second-order valence-corrected chi connectivity index (χ2v) is 10.1. The number of sulfonamides is 1. The summed E-state index contributed by atoms with van der Waals surface area (Å²) < 4.78 is 34.6. The molecule has 1 fully saturated rings. The van der Waals surface area contributed by atoms with Gasteiger partial charge in [-0.15, -0.1) is 6.58 Å². The maximum atomic E-state index is 13.0. The summed E-state index contributed by atoms with van der Waals surface area (Å²) in [5, 5.41) is 0. The molecule has 1 saturated heterocycles. The first-order valence-corrected chi connectivity index (χ1v) is 12.2. The molecule has 0 unspecified atom stereocenters. The predicted octanol–water partition coefficient (Wildman–Crippen LogP) is 3.81. The van der Waals surface area contributed by atoms with Crippen LogP contribution in [0.25, 0.3) is 0 Å². The van der Waals surface area contributed by atoms with Crippen molar-refractivity contribution in [2.75, 3.05) is 19.7 Å². The van der Waals surface area contributed by atoms with Crippen molar-refractivity contribution in [2.45, 2.75) is 51.5 Å². The van der Waals surface area contributed by atoms with Crippen LogP contribution in [0.1, 0.15) is 56.9 Å². The van der Waals surface area contributed by atoms with E-state index in [1.54, 1.807) is 25.1 Å². The molecule has 2 aromatic rings. The van der Waals surface area contributed by atoms with Gasteiger partial charge in [-0.25, -0.2) is 13.2 Å². The molecule has 0 saturated carbocycles. The van der Waals surface area contributed by atoms with E-state index in [-0.39, 0.29) is 16.2 Å². The van der Waals surface area contributed by atoms with E-state index in [0.29, 0.717) is 30.8 Å². The fraction of sp³-hybridized carbons (Fsp3) is 0.417. The molecule has 1 aromatic heterocycles. The summed E-state index contributed by atoms with van der Waals surface area (Å²) in [4.78, 5) is 25.5. The number of hydrogen-bond acceptors (Lipinski definition) is 5. The van der Waals surface area contributed by atoms with E-state index in [1.165, 1.54) is 16.4 Å². The van der Waals surface area contributed by atoms with Gasteiger partial charge < -0.3 is 9.30 Å². The van der Waals surface area contributed by atoms with Crippen LogP contribution in [0.5, 0.6) is 0 Å². The SMILES string of the molecule is C=CCn1c(C)cc(C(=O)COC(=O)c2cc(S(=O)(=O)N3CCCCC3)ccc2C)c1C. The van der Waals surface area contributed by atoms with Crippen LogP contribution in [-0.2, 0) is 21.3 Å². The van der Waals surface area contributed by atoms with Crippen LogP contribution in [0.2, 0.25) is 0 Å². The summed E-state index contributed by atoms with van der Waals surface area (Å²) in [5.41, 5.74) is 2.94. The average molecular weight is 459 g/mol. The summed E-state index contributed by atoms with van der Waals surface area (Å²) >= 11 is 0. The molecule has 8 heteroatoms. The number of ether oxygens (including phenoxy) is 1. The molecule has 1 aliphatic heterocycles. The zero-order valence-electron chi connectivity index (χ0n) is 18.9. The molecule has 1 aliphatic rings. The number of ketones is 1. The molecule has 172 valence electrons. The number of esters is 1. The van der Waals surface area contributed by atoms with Crippen molar-refractivity contribution in [3.63, 3.8) is 0 Å². The van der Waals surface area contributed by atoms with Gasteiger partial charge in [-0.1, -0.05) is 18.6 Å². The van der Waals surface area contributed by atoms with E-state index >= 15 is 0 Å². The first-order valence-electron chi connectivity index (χ1n) is 10.8. The summed E-state index contributed by atoms with van der Waals surface area (Å²) in [5.74, 6) is -1.03. The number of nitrogens with zero attached hydrogens (tertiary/aromatic N) is 2. The predicted molar refractivity (Wildman–Crippen MR) is 123 cm³/mol. The lowest BCUT2D eigenvalue weighted by Gasteiger charge is -2.26. The topological polar surface area (TPSA) is 85.7 Å². The number of aryl methyl sites for hydroxylation is 2. The van der Waals surface area contributed by atoms with Crippen LogP contribution in [0.3, 0.4) is 0 Å². The number of allylic oxidation sites excluding steroid dienone is 1. The van der Waals surface area contributed by atoms with Crippen LogP contribution in [0, 0.1) is 20.8 Å². The van der Waals surface area contributed by atoms with Gasteiger partial charge in [0.15, 0.2) is 6.61 Å². The van der Waals surface area contributed by atoms with Gasteiger partial charge >= 0.3 is 5.97 Å². The highest BCUT2D eigenvalue weighted by atomic mass is 32.2. The number of piperidine rings is 1. The quantitative estimate of drug-likeness (QED) is 0.341. The lowest BCUT2D eigenvalue weighted by molar-refractivity contribution is 0.0473. The minimum Gasteiger partial charge on any atom is -0.454 e. The van der Waals surface area contributed by atoms with Gasteiger partial charge in [0.05, 0.1) is 10.5 Å². The molecule has 3 rings (SSSR count). The van der Waals surface area contributed by atoms with Crippen molar-refractivity contribution in [1.82, 2.24) is 8.87 Å². The molecular formula is C24H30N2O5S. The molecular weight excluding hydrogens is 428 g/mol. The molecule has 7 nitrogen and oxygen atoms in total. The van der Waals surface area contributed by atoms with E-state index in [1.807, 2.05) is 18.4 Å². The lowest BCUT2D eigenvalue weighted by atomic mass is 10.1. The van der Waals surface area contributed by atoms with Crippen molar-refractivity contribution < 1.29 is 22.7 Å². The molecule has 32 heavy (non-hydrogen) atoms. The van der Waals surface area contributed by atoms with Gasteiger partial charge in [0.2, 0.25) is 15.8 Å². The largest absolute Gasteiger partial charge is 0.454 e. The molecule has 0 atom stereocenters. The Kier molecular flexibility index (Phi) is 7.36. The normalized spacial score (nSPS) is 14.8. The first kappa shape index (κ1) is 23.9. The maximum Gasteiger partial charge on any atom is 0.338 e. The summed E-state index contributed by atoms with van der Waals surface area (Å²) in [6.07, 6.45) is 4.43. The molecule has 0 amide bonds. The van der Waals surface area contributed by atoms with Crippen LogP contribution < -0.4 is 0 Å². The minimum atomic E-state index is -3.67. The van der Waals surface area contributed by atoms with Crippen LogP contribution >= 0.6 is 0 Å². The third-order valence-electron chi connectivity index (χ3n) is 5.90. The Morgan fingerprint density at radius 1 is 1.06 bits per heavy atom. The Bertz CT molecular complexity index is 1140. The van der Waals surface area contributed by atoms with Gasteiger partial charge in [-0.3, -0.25) is 4.79 Å². The maximum absolute atomic E-state index is 13.0. The van der Waals surface area contributed by atoms with E-state index in [9.17, 15) is 18.0 Å². The van der Waals surface area contributed by atoms with Crippen molar-refractivity contribution in [2.24, 2.45) is 0 Å². The van der Waals surface area contributed by atoms with Crippen LogP contribution in [0.15, 0.2) is 41.8 Å². The Morgan fingerprint density at radius 2 is 1.75 bits per heavy atom. The lowest BCUT2D eigenvalue weighted by Crippen LogP contribution is -2.35. The van der Waals surface area contributed by atoms with Gasteiger partial charge in [0.25, 0.3) is 0 Å². The molecule has 0 bridgehead atoms. The Balaban J connectivity index is 1.75. The van der Waals surface area contributed by atoms with E-state index in [0.717, 1.165) is 30.7 Å². The monoisotopic (exact) mass is 458 g/mol. The van der Waals surface area contributed by atoms with Gasteiger partial charge in [0, 0.05) is 36.6 Å². The number of carbonyl (C=O) groups excluding carboxylic acids is 2. The zero-order valence-corrected chi connectivity index (χ0v) is 19.7. The van der Waals surface area contributed by atoms with Crippen molar-refractivity contribution in [3.05, 3.63) is 65.0 Å². The molecule has 2 heterocycles. The fourth-order valence-corrected chi connectivity index (χ4v) is 5.56. The molecule has 1 aromatic carbocycles. The van der Waals surface area contributed by atoms with Crippen molar-refractivity contribution >= 4 is 21.8 Å². The highest BCUT2D eigenvalue weighted by Crippen LogP contribution is 2.23. The molecule has 0 aliphatic carbocycles. The van der Waals surface area contributed by atoms with E-state index in [4.69, 9.17) is 4.74 Å². The third kappa shape index (κ3) is 4.86. The van der Waals surface area contributed by atoms with Gasteiger partial charge in [-0.2, -0.15) is 4.31 Å². The number of hydrogen-bond donors (Lipinski definition) is 0. The van der Waals surface area contributed by atoms with Crippen LogP contribution in [-0.4, -0.2) is 48.7 Å². The highest BCUT2D eigenvalue weighted by Gasteiger charge is 2.27. The molecule has 0 N–H and O–H groups in total. The highest BCUT2D eigenvalue weighted by molar-refractivity contribution is 7.89. The third-order valence-corrected chi connectivity index (χ3v) is 7.80. The molecule has 0 radical (unpaired) electrons. The number of benzene rings is 1. The summed E-state index contributed by atoms with van der Waals surface area (Å²) in [7, 11) is -3.67. The second-order valence-electron chi connectivity index (χ2n) is 8.12. The van der Waals surface area contributed by atoms with E-state index in [2.05, 4.69) is 6.58 Å². The molecule has 0 spiro atoms. The Morgan fingerprint density at radius 3 is 2.41 bits per heavy atom. The number of Topliss-reactive ketones (excluding diaryl/α,β-unsaturated/α-hetero) is 1. The van der Waals surface area contributed by atoms with E-state index < -0.39 is 22.6 Å². The van der Waals surface area contributed by atoms with Gasteiger partial charge in [-0.05, 0) is 57.4 Å². The van der Waals surface area contributed by atoms with Crippen LogP contribution in [0.4, 0.5) is 0 Å². The smallest absolute Gasteiger partial charge is 0.338 e. The second kappa shape index (κ2) is 9.83. The Hall–Kier alpha value is -2.71. The fourth-order valence-electron chi connectivity index (χ4n) is 4.02. The van der Waals surface area contributed by atoms with Crippen molar-refractivity contribution in [1.29, 1.82) is 0 Å². The van der Waals surface area contributed by atoms with Crippen molar-refractivity contribution in [3.8, 4) is 0 Å². The standard InChI is InChI=1S/C24H30N2O5S/c1-5-11-26-18(3)14-22(19(26)4)23(27)16-31-24(28)21-15-20(10-9-17(21)2)32(29,30)25-12-7-6-8-13-25/h5,9-10,14-15H,1,6-8,11-13,16H2,2-4H3. The first-order chi connectivity index (χ1) is 15.2. The number of aromatic nitrogens is 1. The number of carbonyl (C=O) groups is 2. The zero-order chi connectivity index (χ0) is 23.5. The average Bonchev–Trinajstić information content (AvgIpc) is 3.06.